The van der Waals surface area contributed by atoms with Crippen molar-refractivity contribution in [1.29, 1.82) is 0 Å². The van der Waals surface area contributed by atoms with Crippen LogP contribution in [0.2, 0.25) is 0 Å². The highest BCUT2D eigenvalue weighted by Crippen LogP contribution is 2.39. The lowest BCUT2D eigenvalue weighted by atomic mass is 10.1. The zero-order valence-electron chi connectivity index (χ0n) is 11.2. The number of nitrogen functional groups attached to an aromatic ring is 1. The molecule has 0 unspecified atom stereocenters. The molecule has 0 saturated heterocycles. The van der Waals surface area contributed by atoms with Crippen LogP contribution in [-0.4, -0.2) is 16.2 Å². The topological polar surface area (TPSA) is 53.1 Å². The third-order valence-corrected chi connectivity index (χ3v) is 3.35. The van der Waals surface area contributed by atoms with Gasteiger partial charge < -0.3 is 15.0 Å². The van der Waals surface area contributed by atoms with E-state index < -0.39 is 0 Å². The van der Waals surface area contributed by atoms with Crippen LogP contribution >= 0.6 is 0 Å². The van der Waals surface area contributed by atoms with Crippen LogP contribution in [-0.2, 0) is 0 Å². The molecule has 0 radical (unpaired) electrons. The van der Waals surface area contributed by atoms with Gasteiger partial charge in [0.15, 0.2) is 0 Å². The Balaban J connectivity index is 1.88. The van der Waals surface area contributed by atoms with Crippen molar-refractivity contribution in [3.8, 4) is 17.0 Å². The third-order valence-electron chi connectivity index (χ3n) is 3.35. The van der Waals surface area contributed by atoms with Crippen LogP contribution in [0.15, 0.2) is 30.6 Å². The van der Waals surface area contributed by atoms with Crippen molar-refractivity contribution >= 4 is 5.82 Å². The molecule has 1 aromatic carbocycles. The Labute approximate surface area is 113 Å². The van der Waals surface area contributed by atoms with Crippen LogP contribution < -0.4 is 10.5 Å². The molecule has 1 heterocycles. The molecule has 1 aromatic heterocycles. The summed E-state index contributed by atoms with van der Waals surface area (Å²) in [6, 6.07) is 8.53. The number of nitrogens with two attached hydrogens (primary N) is 1. The van der Waals surface area contributed by atoms with E-state index in [0.29, 0.717) is 6.04 Å². The van der Waals surface area contributed by atoms with Gasteiger partial charge in [-0.2, -0.15) is 0 Å². The Kier molecular flexibility index (Phi) is 3.15. The number of aromatic nitrogens is 2. The van der Waals surface area contributed by atoms with Crippen LogP contribution in [0.1, 0.15) is 32.2 Å². The third kappa shape index (κ3) is 2.43. The van der Waals surface area contributed by atoms with Crippen LogP contribution in [0.3, 0.4) is 0 Å². The molecule has 1 aliphatic rings. The van der Waals surface area contributed by atoms with Gasteiger partial charge in [-0.1, -0.05) is 19.1 Å². The maximum Gasteiger partial charge on any atom is 0.131 e. The molecular formula is C15H19N3O. The van der Waals surface area contributed by atoms with Crippen molar-refractivity contribution in [2.45, 2.75) is 32.2 Å². The quantitative estimate of drug-likeness (QED) is 0.894. The van der Waals surface area contributed by atoms with E-state index in [1.807, 2.05) is 30.6 Å². The molecule has 0 atom stereocenters. The second kappa shape index (κ2) is 4.96. The Morgan fingerprint density at radius 1 is 1.42 bits per heavy atom. The van der Waals surface area contributed by atoms with Gasteiger partial charge in [0.2, 0.25) is 0 Å². The van der Waals surface area contributed by atoms with Crippen LogP contribution in [0, 0.1) is 0 Å². The second-order valence-electron chi connectivity index (χ2n) is 4.99. The Hall–Kier alpha value is -1.97. The van der Waals surface area contributed by atoms with Crippen molar-refractivity contribution in [2.24, 2.45) is 0 Å². The number of rotatable bonds is 5. The van der Waals surface area contributed by atoms with E-state index in [1.54, 1.807) is 0 Å². The van der Waals surface area contributed by atoms with Gasteiger partial charge in [0.25, 0.3) is 0 Å². The first-order chi connectivity index (χ1) is 9.29. The van der Waals surface area contributed by atoms with Gasteiger partial charge in [0.05, 0.1) is 12.9 Å². The van der Waals surface area contributed by atoms with Gasteiger partial charge >= 0.3 is 0 Å². The predicted octanol–water partition coefficient (Wildman–Crippen LogP) is 3.26. The van der Waals surface area contributed by atoms with E-state index in [-0.39, 0.29) is 0 Å². The van der Waals surface area contributed by atoms with Gasteiger partial charge in [-0.15, -0.1) is 0 Å². The number of benzene rings is 1. The minimum Gasteiger partial charge on any atom is -0.494 e. The summed E-state index contributed by atoms with van der Waals surface area (Å²) in [6.45, 7) is 2.83. The van der Waals surface area contributed by atoms with Crippen LogP contribution in [0.5, 0.6) is 5.75 Å². The first-order valence-electron chi connectivity index (χ1n) is 6.85. The van der Waals surface area contributed by atoms with Gasteiger partial charge in [-0.05, 0) is 31.4 Å². The van der Waals surface area contributed by atoms with Gasteiger partial charge in [0, 0.05) is 11.6 Å². The zero-order valence-corrected chi connectivity index (χ0v) is 11.2. The normalized spacial score (nSPS) is 14.6. The number of hydrogen-bond acceptors (Lipinski definition) is 3. The molecule has 2 aromatic rings. The molecule has 4 heteroatoms. The second-order valence-corrected chi connectivity index (χ2v) is 4.99. The fourth-order valence-electron chi connectivity index (χ4n) is 2.19. The van der Waals surface area contributed by atoms with Crippen LogP contribution in [0.4, 0.5) is 5.82 Å². The van der Waals surface area contributed by atoms with Crippen molar-refractivity contribution in [3.05, 3.63) is 30.6 Å². The number of imidazole rings is 1. The summed E-state index contributed by atoms with van der Waals surface area (Å²) in [5.74, 6) is 1.63. The summed E-state index contributed by atoms with van der Waals surface area (Å²) in [5, 5.41) is 0. The van der Waals surface area contributed by atoms with Crippen molar-refractivity contribution in [1.82, 2.24) is 9.55 Å². The number of hydrogen-bond donors (Lipinski definition) is 1. The van der Waals surface area contributed by atoms with Crippen molar-refractivity contribution in [3.63, 3.8) is 0 Å². The Bertz CT molecular complexity index is 573. The van der Waals surface area contributed by atoms with E-state index in [4.69, 9.17) is 10.5 Å². The molecule has 100 valence electrons. The molecule has 4 nitrogen and oxygen atoms in total. The fourth-order valence-corrected chi connectivity index (χ4v) is 2.19. The monoisotopic (exact) mass is 257 g/mol. The molecule has 0 amide bonds. The number of ether oxygens (including phenoxy) is 1. The van der Waals surface area contributed by atoms with E-state index in [9.17, 15) is 0 Å². The molecule has 1 aliphatic carbocycles. The van der Waals surface area contributed by atoms with Crippen molar-refractivity contribution < 1.29 is 4.74 Å². The zero-order chi connectivity index (χ0) is 13.2. The Morgan fingerprint density at radius 3 is 3.00 bits per heavy atom. The predicted molar refractivity (Wildman–Crippen MR) is 76.1 cm³/mol. The molecular weight excluding hydrogens is 238 g/mol. The number of nitrogens with zero attached hydrogens (tertiary/aromatic N) is 2. The average molecular weight is 257 g/mol. The summed E-state index contributed by atoms with van der Waals surface area (Å²) in [7, 11) is 0. The lowest BCUT2D eigenvalue weighted by molar-refractivity contribution is 0.317. The highest BCUT2D eigenvalue weighted by Gasteiger charge is 2.26. The SMILES string of the molecule is CCCOc1cccc(-c2ncn(C3CC3)c2N)c1. The average Bonchev–Trinajstić information content (AvgIpc) is 3.20. The number of anilines is 1. The first kappa shape index (κ1) is 12.1. The smallest absolute Gasteiger partial charge is 0.131 e. The lowest BCUT2D eigenvalue weighted by Gasteiger charge is -2.07. The van der Waals surface area contributed by atoms with E-state index >= 15 is 0 Å². The highest BCUT2D eigenvalue weighted by molar-refractivity contribution is 5.71. The minimum atomic E-state index is 0.556. The summed E-state index contributed by atoms with van der Waals surface area (Å²) in [6.07, 6.45) is 5.27. The molecule has 0 aliphatic heterocycles. The van der Waals surface area contributed by atoms with E-state index in [0.717, 1.165) is 35.9 Å². The van der Waals surface area contributed by atoms with Crippen molar-refractivity contribution in [2.75, 3.05) is 12.3 Å². The molecule has 1 saturated carbocycles. The summed E-state index contributed by atoms with van der Waals surface area (Å²) in [4.78, 5) is 4.45. The largest absolute Gasteiger partial charge is 0.494 e. The Morgan fingerprint density at radius 2 is 2.26 bits per heavy atom. The fraction of sp³-hybridized carbons (Fsp3) is 0.400. The molecule has 19 heavy (non-hydrogen) atoms. The summed E-state index contributed by atoms with van der Waals surface area (Å²) >= 11 is 0. The first-order valence-corrected chi connectivity index (χ1v) is 6.85. The summed E-state index contributed by atoms with van der Waals surface area (Å²) < 4.78 is 7.73. The molecule has 2 N–H and O–H groups in total. The van der Waals surface area contributed by atoms with Crippen LogP contribution in [0.25, 0.3) is 11.3 Å². The van der Waals surface area contributed by atoms with E-state index in [1.165, 1.54) is 12.8 Å². The maximum atomic E-state index is 6.19. The molecule has 3 rings (SSSR count). The minimum absolute atomic E-state index is 0.556. The maximum absolute atomic E-state index is 6.19. The van der Waals surface area contributed by atoms with E-state index in [2.05, 4.69) is 16.5 Å². The van der Waals surface area contributed by atoms with Gasteiger partial charge in [0.1, 0.15) is 17.3 Å². The summed E-state index contributed by atoms with van der Waals surface area (Å²) in [5.41, 5.74) is 8.06. The molecule has 0 spiro atoms. The van der Waals surface area contributed by atoms with Gasteiger partial charge in [-0.3, -0.25) is 0 Å². The lowest BCUT2D eigenvalue weighted by Crippen LogP contribution is -1.99. The standard InChI is InChI=1S/C15H19N3O/c1-2-8-19-13-5-3-4-11(9-13)14-15(16)18(10-17-14)12-6-7-12/h3-5,9-10,12H,2,6-8,16H2,1H3. The molecule has 0 bridgehead atoms. The highest BCUT2D eigenvalue weighted by atomic mass is 16.5. The van der Waals surface area contributed by atoms with Gasteiger partial charge in [-0.25, -0.2) is 4.98 Å². The molecule has 1 fully saturated rings.